The van der Waals surface area contributed by atoms with Gasteiger partial charge in [-0.15, -0.1) is 0 Å². The van der Waals surface area contributed by atoms with Gasteiger partial charge in [-0.2, -0.15) is 0 Å². The van der Waals surface area contributed by atoms with E-state index in [4.69, 9.17) is 9.47 Å². The number of ether oxygens (including phenoxy) is 2. The third-order valence-electron chi connectivity index (χ3n) is 2.93. The number of methoxy groups -OCH3 is 1. The third kappa shape index (κ3) is 3.77. The fourth-order valence-corrected chi connectivity index (χ4v) is 2.39. The van der Waals surface area contributed by atoms with Crippen LogP contribution in [0.2, 0.25) is 0 Å². The second-order valence-electron chi connectivity index (χ2n) is 4.33. The molecule has 1 fully saturated rings. The molecule has 0 radical (unpaired) electrons. The van der Waals surface area contributed by atoms with Crippen LogP contribution in [0, 0.1) is 0 Å². The van der Waals surface area contributed by atoms with Gasteiger partial charge >= 0.3 is 0 Å². The molecule has 1 aromatic heterocycles. The molecule has 1 atom stereocenters. The van der Waals surface area contributed by atoms with Crippen LogP contribution in [-0.4, -0.2) is 55.7 Å². The van der Waals surface area contributed by atoms with Gasteiger partial charge in [0.25, 0.3) is 6.43 Å². The maximum atomic E-state index is 12.9. The van der Waals surface area contributed by atoms with Crippen LogP contribution in [0.25, 0.3) is 0 Å². The van der Waals surface area contributed by atoms with Gasteiger partial charge in [0, 0.05) is 26.3 Å². The topological polar surface area (TPSA) is 47.5 Å². The summed E-state index contributed by atoms with van der Waals surface area (Å²) in [4.78, 5) is 10.1. The second kappa shape index (κ2) is 7.14. The van der Waals surface area contributed by atoms with Gasteiger partial charge < -0.3 is 14.4 Å². The van der Waals surface area contributed by atoms with Crippen molar-refractivity contribution >= 4 is 17.6 Å². The number of anilines is 1. The van der Waals surface area contributed by atoms with Crippen molar-refractivity contribution in [2.45, 2.75) is 17.7 Å². The van der Waals surface area contributed by atoms with Crippen LogP contribution in [0.4, 0.5) is 14.6 Å². The van der Waals surface area contributed by atoms with Gasteiger partial charge in [-0.05, 0) is 6.26 Å². The van der Waals surface area contributed by atoms with Crippen molar-refractivity contribution in [1.29, 1.82) is 0 Å². The Morgan fingerprint density at radius 2 is 2.35 bits per heavy atom. The molecule has 1 aromatic rings. The van der Waals surface area contributed by atoms with Crippen molar-refractivity contribution in [2.75, 3.05) is 44.6 Å². The SMILES string of the molecule is COC[C@@H]1CN(c2cc(C(F)F)nc(SC)n2)CCO1. The number of hydrogen-bond donors (Lipinski definition) is 0. The van der Waals surface area contributed by atoms with Gasteiger partial charge in [-0.3, -0.25) is 0 Å². The monoisotopic (exact) mass is 305 g/mol. The predicted octanol–water partition coefficient (Wildman–Crippen LogP) is 1.99. The molecule has 1 aliphatic rings. The number of nitrogens with zero attached hydrogens (tertiary/aromatic N) is 3. The molecule has 20 heavy (non-hydrogen) atoms. The van der Waals surface area contributed by atoms with E-state index in [0.717, 1.165) is 0 Å². The maximum Gasteiger partial charge on any atom is 0.280 e. The summed E-state index contributed by atoms with van der Waals surface area (Å²) < 4.78 is 36.3. The van der Waals surface area contributed by atoms with E-state index >= 15 is 0 Å². The molecule has 0 aliphatic carbocycles. The molecular formula is C12H17F2N3O2S. The first-order valence-corrected chi connectivity index (χ1v) is 7.43. The molecule has 0 amide bonds. The van der Waals surface area contributed by atoms with Crippen LogP contribution in [0.1, 0.15) is 12.1 Å². The number of aromatic nitrogens is 2. The van der Waals surface area contributed by atoms with Gasteiger partial charge in [0.05, 0.1) is 19.3 Å². The van der Waals surface area contributed by atoms with Crippen LogP contribution in [-0.2, 0) is 9.47 Å². The van der Waals surface area contributed by atoms with Crippen molar-refractivity contribution in [3.63, 3.8) is 0 Å². The summed E-state index contributed by atoms with van der Waals surface area (Å²) in [5, 5.41) is 0.354. The van der Waals surface area contributed by atoms with Gasteiger partial charge in [0.15, 0.2) is 5.16 Å². The summed E-state index contributed by atoms with van der Waals surface area (Å²) in [6.45, 7) is 2.18. The molecule has 0 spiro atoms. The number of halogens is 2. The second-order valence-corrected chi connectivity index (χ2v) is 5.11. The zero-order valence-electron chi connectivity index (χ0n) is 11.4. The molecule has 0 N–H and O–H groups in total. The van der Waals surface area contributed by atoms with E-state index in [1.807, 2.05) is 4.90 Å². The Kier molecular flexibility index (Phi) is 5.50. The Morgan fingerprint density at radius 3 is 3.00 bits per heavy atom. The number of morpholine rings is 1. The predicted molar refractivity (Wildman–Crippen MR) is 72.6 cm³/mol. The quantitative estimate of drug-likeness (QED) is 0.612. The Balaban J connectivity index is 2.20. The Bertz CT molecular complexity index is 449. The van der Waals surface area contributed by atoms with E-state index in [-0.39, 0.29) is 11.8 Å². The molecule has 1 aliphatic heterocycles. The maximum absolute atomic E-state index is 12.9. The molecule has 112 valence electrons. The van der Waals surface area contributed by atoms with Gasteiger partial charge in [0.2, 0.25) is 0 Å². The third-order valence-corrected chi connectivity index (χ3v) is 3.48. The Morgan fingerprint density at radius 1 is 1.55 bits per heavy atom. The highest BCUT2D eigenvalue weighted by molar-refractivity contribution is 7.98. The lowest BCUT2D eigenvalue weighted by atomic mass is 10.2. The largest absolute Gasteiger partial charge is 0.382 e. The summed E-state index contributed by atoms with van der Waals surface area (Å²) >= 11 is 1.25. The van der Waals surface area contributed by atoms with Gasteiger partial charge in [-0.1, -0.05) is 11.8 Å². The standard InChI is InChI=1S/C12H17F2N3O2S/c1-18-7-8-6-17(3-4-19-8)10-5-9(11(13)14)15-12(16-10)20-2/h5,8,11H,3-4,6-7H2,1-2H3/t8-/m0/s1. The van der Waals surface area contributed by atoms with E-state index in [1.54, 1.807) is 13.4 Å². The fraction of sp³-hybridized carbons (Fsp3) is 0.667. The van der Waals surface area contributed by atoms with E-state index in [2.05, 4.69) is 9.97 Å². The summed E-state index contributed by atoms with van der Waals surface area (Å²) in [5.41, 5.74) is -0.242. The summed E-state index contributed by atoms with van der Waals surface area (Å²) in [6, 6.07) is 1.35. The number of alkyl halides is 2. The first-order chi connectivity index (χ1) is 9.63. The fourth-order valence-electron chi connectivity index (χ4n) is 2.01. The smallest absolute Gasteiger partial charge is 0.280 e. The average Bonchev–Trinajstić information content (AvgIpc) is 2.47. The van der Waals surface area contributed by atoms with E-state index < -0.39 is 6.43 Å². The summed E-state index contributed by atoms with van der Waals surface area (Å²) in [6.07, 6.45) is -0.906. The zero-order chi connectivity index (χ0) is 14.5. The lowest BCUT2D eigenvalue weighted by Gasteiger charge is -2.33. The minimum atomic E-state index is -2.60. The number of hydrogen-bond acceptors (Lipinski definition) is 6. The highest BCUT2D eigenvalue weighted by Crippen LogP contribution is 2.25. The lowest BCUT2D eigenvalue weighted by molar-refractivity contribution is -0.0102. The minimum Gasteiger partial charge on any atom is -0.382 e. The normalized spacial score (nSPS) is 19.6. The summed E-state index contributed by atoms with van der Waals surface area (Å²) in [7, 11) is 1.60. The first kappa shape index (κ1) is 15.4. The molecule has 2 rings (SSSR count). The number of rotatable bonds is 5. The molecule has 0 aromatic carbocycles. The molecule has 8 heteroatoms. The molecule has 5 nitrogen and oxygen atoms in total. The molecule has 1 saturated heterocycles. The van der Waals surface area contributed by atoms with Crippen molar-refractivity contribution in [1.82, 2.24) is 9.97 Å². The van der Waals surface area contributed by atoms with E-state index in [1.165, 1.54) is 17.8 Å². The lowest BCUT2D eigenvalue weighted by Crippen LogP contribution is -2.44. The van der Waals surface area contributed by atoms with Crippen molar-refractivity contribution in [2.24, 2.45) is 0 Å². The average molecular weight is 305 g/mol. The van der Waals surface area contributed by atoms with Crippen LogP contribution >= 0.6 is 11.8 Å². The molecule has 0 unspecified atom stereocenters. The van der Waals surface area contributed by atoms with Crippen LogP contribution in [0.15, 0.2) is 11.2 Å². The van der Waals surface area contributed by atoms with Crippen molar-refractivity contribution < 1.29 is 18.3 Å². The Hall–Kier alpha value is -0.990. The first-order valence-electron chi connectivity index (χ1n) is 6.20. The van der Waals surface area contributed by atoms with Gasteiger partial charge in [-0.25, -0.2) is 18.7 Å². The molecule has 0 bridgehead atoms. The molecular weight excluding hydrogens is 288 g/mol. The van der Waals surface area contributed by atoms with E-state index in [0.29, 0.717) is 37.3 Å². The molecule has 0 saturated carbocycles. The van der Waals surface area contributed by atoms with Gasteiger partial charge in [0.1, 0.15) is 11.5 Å². The van der Waals surface area contributed by atoms with Crippen LogP contribution in [0.5, 0.6) is 0 Å². The van der Waals surface area contributed by atoms with E-state index in [9.17, 15) is 8.78 Å². The highest BCUT2D eigenvalue weighted by atomic mass is 32.2. The summed E-state index contributed by atoms with van der Waals surface area (Å²) in [5.74, 6) is 0.518. The zero-order valence-corrected chi connectivity index (χ0v) is 12.2. The molecule has 2 heterocycles. The number of thioether (sulfide) groups is 1. The van der Waals surface area contributed by atoms with Crippen molar-refractivity contribution in [3.8, 4) is 0 Å². The van der Waals surface area contributed by atoms with Crippen molar-refractivity contribution in [3.05, 3.63) is 11.8 Å². The van der Waals surface area contributed by atoms with Crippen LogP contribution in [0.3, 0.4) is 0 Å². The highest BCUT2D eigenvalue weighted by Gasteiger charge is 2.23. The van der Waals surface area contributed by atoms with Crippen LogP contribution < -0.4 is 4.90 Å². The Labute approximate surface area is 120 Å². The minimum absolute atomic E-state index is 0.0727.